The molecular weight excluding hydrogens is 486 g/mol. The Morgan fingerprint density at radius 3 is 2.22 bits per heavy atom. The fourth-order valence-electron chi connectivity index (χ4n) is 5.91. The van der Waals surface area contributed by atoms with Gasteiger partial charge in [-0.05, 0) is 85.5 Å². The van der Waals surface area contributed by atoms with Gasteiger partial charge in [-0.3, -0.25) is 9.69 Å². The van der Waals surface area contributed by atoms with E-state index in [1.165, 1.54) is 0 Å². The van der Waals surface area contributed by atoms with Crippen LogP contribution in [0, 0.1) is 16.7 Å². The van der Waals surface area contributed by atoms with Crippen LogP contribution in [0.3, 0.4) is 0 Å². The van der Waals surface area contributed by atoms with Gasteiger partial charge in [-0.1, -0.05) is 45.9 Å². The average Bonchev–Trinajstić information content (AvgIpc) is 2.81. The van der Waals surface area contributed by atoms with Crippen LogP contribution in [0.1, 0.15) is 47.0 Å². The van der Waals surface area contributed by atoms with E-state index in [9.17, 15) is 13.2 Å². The highest BCUT2D eigenvalue weighted by molar-refractivity contribution is 7.89. The first-order valence-electron chi connectivity index (χ1n) is 13.3. The molecule has 0 atom stereocenters. The van der Waals surface area contributed by atoms with Crippen LogP contribution in [0.25, 0.3) is 0 Å². The highest BCUT2D eigenvalue weighted by atomic mass is 32.2. The number of para-hydroxylation sites is 1. The number of likely N-dealkylation sites (tertiary alicyclic amines) is 1. The lowest BCUT2D eigenvalue weighted by Gasteiger charge is -2.52. The molecule has 37 heavy (non-hydrogen) atoms. The maximum Gasteiger partial charge on any atom is 0.238 e. The first-order chi connectivity index (χ1) is 17.4. The Morgan fingerprint density at radius 2 is 1.59 bits per heavy atom. The van der Waals surface area contributed by atoms with Gasteiger partial charge in [0, 0.05) is 18.8 Å². The summed E-state index contributed by atoms with van der Waals surface area (Å²) in [5, 5.41) is 2.99. The summed E-state index contributed by atoms with van der Waals surface area (Å²) in [4.78, 5) is 14.9. The van der Waals surface area contributed by atoms with Gasteiger partial charge in [0.25, 0.3) is 0 Å². The van der Waals surface area contributed by atoms with Crippen LogP contribution in [0.5, 0.6) is 11.5 Å². The number of nitrogens with one attached hydrogen (secondary N) is 1. The molecule has 4 rings (SSSR count). The molecule has 2 aromatic carbocycles. The lowest BCUT2D eigenvalue weighted by molar-refractivity contribution is -0.118. The molecule has 2 aliphatic rings. The molecule has 1 spiro atoms. The number of piperidine rings is 2. The van der Waals surface area contributed by atoms with E-state index in [2.05, 4.69) is 24.1 Å². The SMILES string of the molecule is CC(C)CS(=O)(=O)N1CC(C)(C)CC2(CCN(CC(=O)Nc3ccc(Oc4ccccc4)cc3)CC2)C1. The molecule has 2 aromatic rings. The molecule has 2 aliphatic heterocycles. The summed E-state index contributed by atoms with van der Waals surface area (Å²) in [6.45, 7) is 11.4. The second-order valence-electron chi connectivity index (χ2n) is 12.0. The molecule has 0 aliphatic carbocycles. The largest absolute Gasteiger partial charge is 0.457 e. The van der Waals surface area contributed by atoms with Crippen LogP contribution < -0.4 is 10.1 Å². The Hall–Kier alpha value is -2.42. The van der Waals surface area contributed by atoms with Crippen molar-refractivity contribution in [2.75, 3.05) is 43.8 Å². The lowest BCUT2D eigenvalue weighted by Crippen LogP contribution is -2.56. The zero-order valence-electron chi connectivity index (χ0n) is 22.6. The number of rotatable bonds is 8. The molecule has 0 bridgehead atoms. The molecule has 7 nitrogen and oxygen atoms in total. The second kappa shape index (κ2) is 11.1. The van der Waals surface area contributed by atoms with E-state index in [0.717, 1.165) is 43.8 Å². The van der Waals surface area contributed by atoms with Crippen LogP contribution in [-0.2, 0) is 14.8 Å². The number of amides is 1. The van der Waals surface area contributed by atoms with E-state index in [1.54, 1.807) is 4.31 Å². The van der Waals surface area contributed by atoms with Crippen molar-refractivity contribution in [3.05, 3.63) is 54.6 Å². The Bertz CT molecular complexity index is 1160. The Balaban J connectivity index is 1.29. The van der Waals surface area contributed by atoms with E-state index in [1.807, 2.05) is 68.4 Å². The third kappa shape index (κ3) is 7.55. The molecule has 0 saturated carbocycles. The zero-order chi connectivity index (χ0) is 26.7. The van der Waals surface area contributed by atoms with E-state index >= 15 is 0 Å². The minimum atomic E-state index is -3.27. The molecule has 1 amide bonds. The quantitative estimate of drug-likeness (QED) is 0.509. The predicted molar refractivity (Wildman–Crippen MR) is 148 cm³/mol. The number of ether oxygens (including phenoxy) is 1. The van der Waals surface area contributed by atoms with Gasteiger partial charge in [0.2, 0.25) is 15.9 Å². The normalized spacial score (nSPS) is 20.1. The second-order valence-corrected chi connectivity index (χ2v) is 14.1. The van der Waals surface area contributed by atoms with E-state index in [-0.39, 0.29) is 28.4 Å². The van der Waals surface area contributed by atoms with Crippen molar-refractivity contribution in [3.63, 3.8) is 0 Å². The van der Waals surface area contributed by atoms with Crippen LogP contribution in [0.2, 0.25) is 0 Å². The number of carbonyl (C=O) groups excluding carboxylic acids is 1. The van der Waals surface area contributed by atoms with Gasteiger partial charge in [-0.15, -0.1) is 0 Å². The highest BCUT2D eigenvalue weighted by Crippen LogP contribution is 2.47. The van der Waals surface area contributed by atoms with Crippen molar-refractivity contribution in [2.24, 2.45) is 16.7 Å². The Kier molecular flexibility index (Phi) is 8.31. The minimum Gasteiger partial charge on any atom is -0.457 e. The fraction of sp³-hybridized carbons (Fsp3) is 0.552. The van der Waals surface area contributed by atoms with Gasteiger partial charge in [0.1, 0.15) is 11.5 Å². The first-order valence-corrected chi connectivity index (χ1v) is 14.9. The monoisotopic (exact) mass is 527 g/mol. The van der Waals surface area contributed by atoms with Crippen molar-refractivity contribution in [1.82, 2.24) is 9.21 Å². The van der Waals surface area contributed by atoms with Crippen molar-refractivity contribution >= 4 is 21.6 Å². The zero-order valence-corrected chi connectivity index (χ0v) is 23.4. The fourth-order valence-corrected chi connectivity index (χ4v) is 7.98. The molecule has 8 heteroatoms. The number of anilines is 1. The summed E-state index contributed by atoms with van der Waals surface area (Å²) in [6, 6.07) is 17.0. The van der Waals surface area contributed by atoms with Gasteiger partial charge < -0.3 is 10.1 Å². The number of hydrogen-bond acceptors (Lipinski definition) is 5. The summed E-state index contributed by atoms with van der Waals surface area (Å²) >= 11 is 0. The molecule has 202 valence electrons. The van der Waals surface area contributed by atoms with Crippen molar-refractivity contribution in [3.8, 4) is 11.5 Å². The molecule has 2 heterocycles. The van der Waals surface area contributed by atoms with Gasteiger partial charge in [-0.25, -0.2) is 12.7 Å². The van der Waals surface area contributed by atoms with Gasteiger partial charge in [-0.2, -0.15) is 0 Å². The predicted octanol–water partition coefficient (Wildman–Crippen LogP) is 5.22. The van der Waals surface area contributed by atoms with Crippen molar-refractivity contribution in [2.45, 2.75) is 47.0 Å². The van der Waals surface area contributed by atoms with Crippen molar-refractivity contribution < 1.29 is 17.9 Å². The van der Waals surface area contributed by atoms with E-state index in [0.29, 0.717) is 25.4 Å². The third-order valence-electron chi connectivity index (χ3n) is 7.31. The smallest absolute Gasteiger partial charge is 0.238 e. The number of nitrogens with zero attached hydrogens (tertiary/aromatic N) is 2. The maximum atomic E-state index is 13.1. The Labute approximate surface area is 222 Å². The summed E-state index contributed by atoms with van der Waals surface area (Å²) in [6.07, 6.45) is 2.83. The Morgan fingerprint density at radius 1 is 0.973 bits per heavy atom. The molecule has 2 saturated heterocycles. The highest BCUT2D eigenvalue weighted by Gasteiger charge is 2.47. The lowest BCUT2D eigenvalue weighted by atomic mass is 9.65. The van der Waals surface area contributed by atoms with Gasteiger partial charge in [0.05, 0.1) is 12.3 Å². The van der Waals surface area contributed by atoms with E-state index < -0.39 is 10.0 Å². The topological polar surface area (TPSA) is 79.0 Å². The van der Waals surface area contributed by atoms with Crippen molar-refractivity contribution in [1.29, 1.82) is 0 Å². The molecule has 0 radical (unpaired) electrons. The van der Waals surface area contributed by atoms with Crippen LogP contribution in [0.4, 0.5) is 5.69 Å². The maximum absolute atomic E-state index is 13.1. The summed E-state index contributed by atoms with van der Waals surface area (Å²) < 4.78 is 33.7. The third-order valence-corrected chi connectivity index (χ3v) is 9.44. The van der Waals surface area contributed by atoms with Crippen LogP contribution in [-0.4, -0.2) is 62.0 Å². The average molecular weight is 528 g/mol. The number of benzene rings is 2. The molecule has 0 aromatic heterocycles. The summed E-state index contributed by atoms with van der Waals surface area (Å²) in [5.74, 6) is 1.75. The van der Waals surface area contributed by atoms with Gasteiger partial charge in [0.15, 0.2) is 0 Å². The standard InChI is InChI=1S/C29H41N3O4S/c1-23(2)19-37(34,35)32-21-28(3,4)20-29(22-32)14-16-31(17-15-29)18-27(33)30-24-10-12-26(13-11-24)36-25-8-6-5-7-9-25/h5-13,23H,14-22H2,1-4H3,(H,30,33). The number of hydrogen-bond donors (Lipinski definition) is 1. The van der Waals surface area contributed by atoms with Crippen LogP contribution >= 0.6 is 0 Å². The summed E-state index contributed by atoms with van der Waals surface area (Å²) in [7, 11) is -3.27. The molecule has 1 N–H and O–H groups in total. The number of sulfonamides is 1. The van der Waals surface area contributed by atoms with Gasteiger partial charge >= 0.3 is 0 Å². The molecule has 0 unspecified atom stereocenters. The van der Waals surface area contributed by atoms with Crippen LogP contribution in [0.15, 0.2) is 54.6 Å². The van der Waals surface area contributed by atoms with E-state index in [4.69, 9.17) is 4.74 Å². The molecular formula is C29H41N3O4S. The molecule has 2 fully saturated rings. The number of carbonyl (C=O) groups is 1. The summed E-state index contributed by atoms with van der Waals surface area (Å²) in [5.41, 5.74) is 0.657. The minimum absolute atomic E-state index is 0.0205. The first kappa shape index (κ1) is 27.6.